The van der Waals surface area contributed by atoms with Crippen molar-refractivity contribution >= 4 is 34.7 Å². The number of sulfonamides is 1. The Balaban J connectivity index is 2.12. The van der Waals surface area contributed by atoms with Crippen molar-refractivity contribution in [2.75, 3.05) is 13.6 Å². The number of nitrogens with zero attached hydrogens (tertiary/aromatic N) is 2. The maximum Gasteiger partial charge on any atom is 0.410 e. The monoisotopic (exact) mass is 415 g/mol. The van der Waals surface area contributed by atoms with Gasteiger partial charge in [0.05, 0.1) is 11.0 Å². The van der Waals surface area contributed by atoms with E-state index < -0.39 is 28.1 Å². The number of amides is 2. The lowest BCUT2D eigenvalue weighted by Gasteiger charge is -2.26. The Labute approximate surface area is 165 Å². The molecule has 27 heavy (non-hydrogen) atoms. The smallest absolute Gasteiger partial charge is 0.410 e. The van der Waals surface area contributed by atoms with Gasteiger partial charge in [-0.25, -0.2) is 13.2 Å². The van der Waals surface area contributed by atoms with Crippen molar-refractivity contribution in [3.63, 3.8) is 0 Å². The van der Waals surface area contributed by atoms with Crippen molar-refractivity contribution in [1.82, 2.24) is 14.7 Å². The number of benzene rings is 1. The molecule has 0 aliphatic carbocycles. The molecule has 2 amide bonds. The first kappa shape index (κ1) is 21.5. The Morgan fingerprint density at radius 1 is 1.30 bits per heavy atom. The number of nitrogens with one attached hydrogen (secondary N) is 1. The molecule has 2 atom stereocenters. The average Bonchev–Trinajstić information content (AvgIpc) is 2.96. The fourth-order valence-corrected chi connectivity index (χ4v) is 4.07. The first-order chi connectivity index (χ1) is 12.5. The van der Waals surface area contributed by atoms with Gasteiger partial charge >= 0.3 is 6.09 Å². The zero-order chi connectivity index (χ0) is 20.4. The molecular formula is C17H25N3O5S2. The molecule has 10 heteroatoms. The largest absolute Gasteiger partial charge is 0.447 e. The van der Waals surface area contributed by atoms with Gasteiger partial charge in [-0.3, -0.25) is 15.1 Å². The number of ether oxygens (including phenoxy) is 1. The summed E-state index contributed by atoms with van der Waals surface area (Å²) >= 11 is 4.34. The highest BCUT2D eigenvalue weighted by Gasteiger charge is 2.40. The van der Waals surface area contributed by atoms with Crippen molar-refractivity contribution in [3.05, 3.63) is 29.8 Å². The summed E-state index contributed by atoms with van der Waals surface area (Å²) in [6.45, 7) is 5.52. The second-order valence-electron chi connectivity index (χ2n) is 6.75. The lowest BCUT2D eigenvalue weighted by Crippen LogP contribution is -2.52. The number of likely N-dealkylation sites (tertiary alicyclic amines) is 1. The molecule has 1 aromatic rings. The summed E-state index contributed by atoms with van der Waals surface area (Å²) < 4.78 is 31.1. The molecule has 0 unspecified atom stereocenters. The molecule has 0 aromatic heterocycles. The van der Waals surface area contributed by atoms with Crippen LogP contribution in [-0.2, 0) is 19.6 Å². The third-order valence-electron chi connectivity index (χ3n) is 4.10. The van der Waals surface area contributed by atoms with Crippen LogP contribution in [0.5, 0.6) is 0 Å². The first-order valence-corrected chi connectivity index (χ1v) is 10.5. The van der Waals surface area contributed by atoms with Gasteiger partial charge in [-0.15, -0.1) is 4.41 Å². The normalized spacial score (nSPS) is 20.2. The van der Waals surface area contributed by atoms with E-state index in [2.05, 4.69) is 18.1 Å². The zero-order valence-corrected chi connectivity index (χ0v) is 17.5. The molecule has 1 heterocycles. The number of thiol groups is 1. The average molecular weight is 416 g/mol. The highest BCUT2D eigenvalue weighted by Crippen LogP contribution is 2.24. The Hall–Kier alpha value is -1.78. The third-order valence-corrected chi connectivity index (χ3v) is 6.15. The molecule has 1 fully saturated rings. The minimum atomic E-state index is -3.90. The minimum absolute atomic E-state index is 0.0606. The van der Waals surface area contributed by atoms with Gasteiger partial charge < -0.3 is 4.74 Å². The van der Waals surface area contributed by atoms with Gasteiger partial charge in [0.15, 0.2) is 0 Å². The molecule has 2 rings (SSSR count). The summed E-state index contributed by atoms with van der Waals surface area (Å²) in [5, 5.41) is -0.195. The summed E-state index contributed by atoms with van der Waals surface area (Å²) in [6.07, 6.45) is -0.642. The molecule has 0 spiro atoms. The zero-order valence-electron chi connectivity index (χ0n) is 15.7. The van der Waals surface area contributed by atoms with Crippen LogP contribution in [0.4, 0.5) is 4.79 Å². The van der Waals surface area contributed by atoms with Crippen LogP contribution in [-0.4, -0.2) is 60.7 Å². The predicted molar refractivity (Wildman–Crippen MR) is 104 cm³/mol. The summed E-state index contributed by atoms with van der Waals surface area (Å²) in [4.78, 5) is 26.2. The standard InChI is InChI=1S/C17H25N3O5S2/c1-11(2)25-17(22)20-10-13(26)9-15(20)16(21)18-19(4)27(23,24)14-7-5-12(3)6-8-14/h5-8,11,13,15,26H,9-10H2,1-4H3,(H,18,21)/t13-,15+/m1/s1. The van der Waals surface area contributed by atoms with Crippen LogP contribution in [0.2, 0.25) is 0 Å². The number of carbonyl (C=O) groups excluding carboxylic acids is 2. The summed E-state index contributed by atoms with van der Waals surface area (Å²) in [6, 6.07) is 5.44. The van der Waals surface area contributed by atoms with E-state index in [0.29, 0.717) is 6.42 Å². The van der Waals surface area contributed by atoms with Crippen LogP contribution < -0.4 is 5.43 Å². The van der Waals surface area contributed by atoms with Crippen LogP contribution >= 0.6 is 12.6 Å². The SMILES string of the molecule is Cc1ccc(S(=O)(=O)N(C)NC(=O)[C@@H]2C[C@@H](S)CN2C(=O)OC(C)C)cc1. The van der Waals surface area contributed by atoms with Gasteiger partial charge in [0, 0.05) is 18.8 Å². The lowest BCUT2D eigenvalue weighted by atomic mass is 10.2. The minimum Gasteiger partial charge on any atom is -0.447 e. The number of aryl methyl sites for hydroxylation is 1. The van der Waals surface area contributed by atoms with Gasteiger partial charge in [0.2, 0.25) is 0 Å². The summed E-state index contributed by atoms with van der Waals surface area (Å²) in [7, 11) is -2.66. The van der Waals surface area contributed by atoms with E-state index in [1.807, 2.05) is 6.92 Å². The molecule has 1 aromatic carbocycles. The molecular weight excluding hydrogens is 390 g/mol. The topological polar surface area (TPSA) is 96.0 Å². The molecule has 1 aliphatic heterocycles. The fraction of sp³-hybridized carbons (Fsp3) is 0.529. The van der Waals surface area contributed by atoms with E-state index in [-0.39, 0.29) is 22.8 Å². The summed E-state index contributed by atoms with van der Waals surface area (Å²) in [5.74, 6) is -0.606. The highest BCUT2D eigenvalue weighted by atomic mass is 32.2. The number of rotatable bonds is 5. The number of hydrogen-bond donors (Lipinski definition) is 2. The Kier molecular flexibility index (Phi) is 6.77. The highest BCUT2D eigenvalue weighted by molar-refractivity contribution is 7.89. The Bertz CT molecular complexity index is 795. The van der Waals surface area contributed by atoms with Crippen LogP contribution in [0.3, 0.4) is 0 Å². The lowest BCUT2D eigenvalue weighted by molar-refractivity contribution is -0.127. The van der Waals surface area contributed by atoms with Crippen LogP contribution in [0.25, 0.3) is 0 Å². The molecule has 0 radical (unpaired) electrons. The molecule has 1 saturated heterocycles. The van der Waals surface area contributed by atoms with E-state index in [1.54, 1.807) is 26.0 Å². The number of carbonyl (C=O) groups is 2. The Morgan fingerprint density at radius 3 is 2.44 bits per heavy atom. The first-order valence-electron chi connectivity index (χ1n) is 8.53. The van der Waals surface area contributed by atoms with Gasteiger partial charge in [-0.05, 0) is 39.3 Å². The van der Waals surface area contributed by atoms with Crippen LogP contribution in [0.1, 0.15) is 25.8 Å². The molecule has 0 bridgehead atoms. The molecule has 1 N–H and O–H groups in total. The van der Waals surface area contributed by atoms with Gasteiger partial charge in [0.1, 0.15) is 6.04 Å². The van der Waals surface area contributed by atoms with Crippen molar-refractivity contribution in [3.8, 4) is 0 Å². The van der Waals surface area contributed by atoms with Crippen LogP contribution in [0, 0.1) is 6.92 Å². The fourth-order valence-electron chi connectivity index (χ4n) is 2.69. The second-order valence-corrected chi connectivity index (χ2v) is 9.45. The van der Waals surface area contributed by atoms with E-state index in [1.165, 1.54) is 24.1 Å². The van der Waals surface area contributed by atoms with E-state index >= 15 is 0 Å². The molecule has 8 nitrogen and oxygen atoms in total. The van der Waals surface area contributed by atoms with E-state index in [9.17, 15) is 18.0 Å². The molecule has 150 valence electrons. The number of hydrazine groups is 1. The molecule has 1 aliphatic rings. The van der Waals surface area contributed by atoms with Gasteiger partial charge in [-0.1, -0.05) is 17.7 Å². The predicted octanol–water partition coefficient (Wildman–Crippen LogP) is 1.56. The maximum absolute atomic E-state index is 12.6. The molecule has 0 saturated carbocycles. The Morgan fingerprint density at radius 2 is 1.89 bits per heavy atom. The van der Waals surface area contributed by atoms with Crippen molar-refractivity contribution in [2.24, 2.45) is 0 Å². The second kappa shape index (κ2) is 8.49. The van der Waals surface area contributed by atoms with Crippen molar-refractivity contribution < 1.29 is 22.7 Å². The van der Waals surface area contributed by atoms with E-state index in [0.717, 1.165) is 9.98 Å². The van der Waals surface area contributed by atoms with E-state index in [4.69, 9.17) is 4.74 Å². The number of hydrogen-bond acceptors (Lipinski definition) is 6. The third kappa shape index (κ3) is 5.14. The quantitative estimate of drug-likeness (QED) is 0.562. The van der Waals surface area contributed by atoms with Crippen molar-refractivity contribution in [1.29, 1.82) is 0 Å². The summed E-state index contributed by atoms with van der Waals surface area (Å²) in [5.41, 5.74) is 3.28. The van der Waals surface area contributed by atoms with Gasteiger partial charge in [0.25, 0.3) is 15.9 Å². The van der Waals surface area contributed by atoms with Crippen LogP contribution in [0.15, 0.2) is 29.2 Å². The van der Waals surface area contributed by atoms with Crippen molar-refractivity contribution in [2.45, 2.75) is 49.5 Å². The maximum atomic E-state index is 12.6. The van der Waals surface area contributed by atoms with Gasteiger partial charge in [-0.2, -0.15) is 12.6 Å².